The smallest absolute Gasteiger partial charge is 0.407 e. The Balaban J connectivity index is 1.14. The van der Waals surface area contributed by atoms with Crippen LogP contribution in [0, 0.1) is 0 Å². The lowest BCUT2D eigenvalue weighted by atomic mass is 9.98. The van der Waals surface area contributed by atoms with Gasteiger partial charge in [-0.2, -0.15) is 0 Å². The molecular formula is C26H24N2O7. The summed E-state index contributed by atoms with van der Waals surface area (Å²) in [6, 6.07) is 18.6. The topological polar surface area (TPSA) is 127 Å². The van der Waals surface area contributed by atoms with E-state index in [1.54, 1.807) is 6.07 Å². The molecule has 0 saturated carbocycles. The number of hydrogen-bond acceptors (Lipinski definition) is 6. The number of carboxylic acid groups (broad SMARTS) is 1. The molecule has 2 aliphatic rings. The summed E-state index contributed by atoms with van der Waals surface area (Å²) in [5.74, 6) is -1.33. The average molecular weight is 476 g/mol. The molecule has 1 saturated heterocycles. The molecule has 0 radical (unpaired) electrons. The fourth-order valence-corrected chi connectivity index (χ4v) is 4.62. The maximum absolute atomic E-state index is 12.4. The normalized spacial score (nSPS) is 18.5. The van der Waals surface area contributed by atoms with E-state index in [4.69, 9.17) is 19.0 Å². The van der Waals surface area contributed by atoms with E-state index in [0.29, 0.717) is 12.2 Å². The van der Waals surface area contributed by atoms with Gasteiger partial charge in [0.15, 0.2) is 11.9 Å². The molecule has 180 valence electrons. The van der Waals surface area contributed by atoms with Crippen molar-refractivity contribution in [2.24, 2.45) is 0 Å². The molecule has 1 fully saturated rings. The van der Waals surface area contributed by atoms with Crippen molar-refractivity contribution in [2.45, 2.75) is 31.0 Å². The minimum Gasteiger partial charge on any atom is -0.479 e. The number of aliphatic carboxylic acids is 1. The highest BCUT2D eigenvalue weighted by Gasteiger charge is 2.35. The number of benzene rings is 2. The highest BCUT2D eigenvalue weighted by atomic mass is 16.5. The van der Waals surface area contributed by atoms with Gasteiger partial charge in [0.25, 0.3) is 5.91 Å². The molecular weight excluding hydrogens is 452 g/mol. The summed E-state index contributed by atoms with van der Waals surface area (Å²) < 4.78 is 16.1. The van der Waals surface area contributed by atoms with Gasteiger partial charge in [-0.15, -0.1) is 0 Å². The number of furan rings is 1. The van der Waals surface area contributed by atoms with E-state index in [9.17, 15) is 14.4 Å². The van der Waals surface area contributed by atoms with Crippen LogP contribution < -0.4 is 10.6 Å². The molecule has 0 bridgehead atoms. The monoisotopic (exact) mass is 476 g/mol. The number of fused-ring (bicyclic) bond motifs is 3. The first-order valence-corrected chi connectivity index (χ1v) is 11.3. The van der Waals surface area contributed by atoms with E-state index in [-0.39, 0.29) is 31.4 Å². The van der Waals surface area contributed by atoms with Crippen LogP contribution in [-0.4, -0.2) is 48.4 Å². The summed E-state index contributed by atoms with van der Waals surface area (Å²) in [5, 5.41) is 14.4. The molecule has 2 atom stereocenters. The number of carboxylic acids is 1. The zero-order valence-electron chi connectivity index (χ0n) is 18.7. The lowest BCUT2D eigenvalue weighted by Crippen LogP contribution is -2.43. The summed E-state index contributed by atoms with van der Waals surface area (Å²) in [7, 11) is 0. The molecule has 2 heterocycles. The van der Waals surface area contributed by atoms with Gasteiger partial charge in [0, 0.05) is 12.5 Å². The summed E-state index contributed by atoms with van der Waals surface area (Å²) in [6.07, 6.45) is -1.27. The molecule has 0 spiro atoms. The average Bonchev–Trinajstić information content (AvgIpc) is 3.59. The van der Waals surface area contributed by atoms with Crippen LogP contribution in [0.15, 0.2) is 65.1 Å². The summed E-state index contributed by atoms with van der Waals surface area (Å²) in [6.45, 7) is 0.490. The Morgan fingerprint density at radius 1 is 0.971 bits per heavy atom. The first-order valence-electron chi connectivity index (χ1n) is 11.3. The summed E-state index contributed by atoms with van der Waals surface area (Å²) in [5.41, 5.74) is 4.55. The second-order valence-electron chi connectivity index (χ2n) is 8.44. The van der Waals surface area contributed by atoms with Crippen molar-refractivity contribution in [3.05, 3.63) is 83.3 Å². The number of alkyl carbamates (subject to hydrolysis) is 1. The Morgan fingerprint density at radius 2 is 1.66 bits per heavy atom. The van der Waals surface area contributed by atoms with Crippen LogP contribution in [0.25, 0.3) is 11.1 Å². The molecule has 1 aromatic heterocycles. The first-order chi connectivity index (χ1) is 17.0. The lowest BCUT2D eigenvalue weighted by Gasteiger charge is -2.15. The van der Waals surface area contributed by atoms with Crippen molar-refractivity contribution >= 4 is 18.0 Å². The van der Waals surface area contributed by atoms with Gasteiger partial charge in [0.1, 0.15) is 12.4 Å². The third-order valence-electron chi connectivity index (χ3n) is 6.29. The molecule has 2 unspecified atom stereocenters. The van der Waals surface area contributed by atoms with Gasteiger partial charge < -0.3 is 29.6 Å². The molecule has 5 rings (SSSR count). The Hall–Kier alpha value is -4.11. The fraction of sp³-hybridized carbons (Fsp3) is 0.269. The van der Waals surface area contributed by atoms with Gasteiger partial charge in [0.05, 0.1) is 12.6 Å². The van der Waals surface area contributed by atoms with Crippen molar-refractivity contribution in [1.82, 2.24) is 10.6 Å². The number of rotatable bonds is 7. The molecule has 2 aromatic carbocycles. The van der Waals surface area contributed by atoms with Crippen LogP contribution in [0.3, 0.4) is 0 Å². The molecule has 2 amide bonds. The second kappa shape index (κ2) is 9.63. The van der Waals surface area contributed by atoms with Crippen molar-refractivity contribution in [3.63, 3.8) is 0 Å². The Bertz CT molecular complexity index is 1220. The quantitative estimate of drug-likeness (QED) is 0.478. The summed E-state index contributed by atoms with van der Waals surface area (Å²) in [4.78, 5) is 35.9. The number of ether oxygens (including phenoxy) is 2. The van der Waals surface area contributed by atoms with Gasteiger partial charge in [-0.3, -0.25) is 4.79 Å². The Morgan fingerprint density at radius 3 is 2.34 bits per heavy atom. The Labute approximate surface area is 201 Å². The molecule has 3 N–H and O–H groups in total. The van der Waals surface area contributed by atoms with Crippen LogP contribution >= 0.6 is 0 Å². The SMILES string of the molecule is O=C(NCc1ccc(C(=O)NC2CCOC2C(=O)O)o1)OCC1c2ccccc2-c2ccccc21. The number of carbonyl (C=O) groups is 3. The van der Waals surface area contributed by atoms with E-state index in [1.165, 1.54) is 6.07 Å². The van der Waals surface area contributed by atoms with E-state index in [2.05, 4.69) is 22.8 Å². The van der Waals surface area contributed by atoms with Crippen molar-refractivity contribution in [1.29, 1.82) is 0 Å². The predicted molar refractivity (Wildman–Crippen MR) is 124 cm³/mol. The van der Waals surface area contributed by atoms with E-state index < -0.39 is 30.1 Å². The number of amides is 2. The lowest BCUT2D eigenvalue weighted by molar-refractivity contribution is -0.148. The third kappa shape index (κ3) is 4.63. The largest absolute Gasteiger partial charge is 0.479 e. The maximum atomic E-state index is 12.4. The van der Waals surface area contributed by atoms with Crippen LogP contribution in [0.1, 0.15) is 39.8 Å². The minimum atomic E-state index is -1.12. The molecule has 1 aliphatic carbocycles. The number of nitrogens with one attached hydrogen (secondary N) is 2. The number of hydrogen-bond donors (Lipinski definition) is 3. The highest BCUT2D eigenvalue weighted by Crippen LogP contribution is 2.44. The molecule has 35 heavy (non-hydrogen) atoms. The molecule has 9 heteroatoms. The van der Waals surface area contributed by atoms with Gasteiger partial charge >= 0.3 is 12.1 Å². The maximum Gasteiger partial charge on any atom is 0.407 e. The van der Waals surface area contributed by atoms with Crippen molar-refractivity contribution in [2.75, 3.05) is 13.2 Å². The standard InChI is InChI=1S/C26H24N2O7/c29-24(28-21-11-12-33-23(21)25(30)31)22-10-9-15(35-22)13-27-26(32)34-14-20-18-7-3-1-5-16(18)17-6-2-4-8-19(17)20/h1-10,20-21,23H,11-14H2,(H,27,32)(H,28,29)(H,30,31). The van der Waals surface area contributed by atoms with Gasteiger partial charge in [-0.1, -0.05) is 48.5 Å². The second-order valence-corrected chi connectivity index (χ2v) is 8.44. The van der Waals surface area contributed by atoms with Gasteiger partial charge in [-0.25, -0.2) is 9.59 Å². The van der Waals surface area contributed by atoms with E-state index in [0.717, 1.165) is 22.3 Å². The van der Waals surface area contributed by atoms with Crippen molar-refractivity contribution in [3.8, 4) is 11.1 Å². The fourth-order valence-electron chi connectivity index (χ4n) is 4.62. The molecule has 1 aliphatic heterocycles. The van der Waals surface area contributed by atoms with Crippen LogP contribution in [-0.2, 0) is 20.8 Å². The first kappa shape index (κ1) is 22.7. The predicted octanol–water partition coefficient (Wildman–Crippen LogP) is 3.29. The van der Waals surface area contributed by atoms with Crippen LogP contribution in [0.5, 0.6) is 0 Å². The van der Waals surface area contributed by atoms with E-state index in [1.807, 2.05) is 36.4 Å². The zero-order chi connectivity index (χ0) is 24.4. The van der Waals surface area contributed by atoms with E-state index >= 15 is 0 Å². The van der Waals surface area contributed by atoms with Gasteiger partial charge in [0.2, 0.25) is 0 Å². The number of carbonyl (C=O) groups excluding carboxylic acids is 2. The van der Waals surface area contributed by atoms with Crippen molar-refractivity contribution < 1.29 is 33.4 Å². The third-order valence-corrected chi connectivity index (χ3v) is 6.29. The highest BCUT2D eigenvalue weighted by molar-refractivity contribution is 5.92. The Kier molecular flexibility index (Phi) is 6.24. The molecule has 9 nitrogen and oxygen atoms in total. The van der Waals surface area contributed by atoms with Crippen LogP contribution in [0.4, 0.5) is 4.79 Å². The minimum absolute atomic E-state index is 0.0189. The summed E-state index contributed by atoms with van der Waals surface area (Å²) >= 11 is 0. The molecule has 3 aromatic rings. The zero-order valence-corrected chi connectivity index (χ0v) is 18.7. The van der Waals surface area contributed by atoms with Gasteiger partial charge in [-0.05, 0) is 40.8 Å². The van der Waals surface area contributed by atoms with Crippen LogP contribution in [0.2, 0.25) is 0 Å².